The van der Waals surface area contributed by atoms with Gasteiger partial charge in [-0.05, 0) is 32.0 Å². The van der Waals surface area contributed by atoms with Crippen LogP contribution in [0.1, 0.15) is 23.6 Å². The minimum atomic E-state index is -0.303. The lowest BCUT2D eigenvalue weighted by atomic mass is 10.1. The van der Waals surface area contributed by atoms with Gasteiger partial charge in [0.1, 0.15) is 16.8 Å². The molecule has 150 valence electrons. The molecule has 1 aliphatic heterocycles. The minimum absolute atomic E-state index is 0.0719. The lowest BCUT2D eigenvalue weighted by Crippen LogP contribution is -2.33. The first-order valence-electron chi connectivity index (χ1n) is 9.54. The first kappa shape index (κ1) is 19.4. The smallest absolute Gasteiger partial charge is 0.295 e. The number of anilines is 1. The highest BCUT2D eigenvalue weighted by Crippen LogP contribution is 2.44. The molecule has 0 N–H and O–H groups in total. The Labute approximate surface area is 173 Å². The number of ether oxygens (including phenoxy) is 1. The number of carbonyl (C=O) groups excluding carboxylic acids is 1. The molecule has 2 heterocycles. The standard InChI is InChI=1S/C22H23N3O3S/c1-4-28-18-13-9-8-12-17(18)22-24(19(26)14-29-22)20-15(2)23(3)25(21(20)27)16-10-6-5-7-11-16/h5-13,22H,4,14H2,1-3H3/t22-/m0/s1. The van der Waals surface area contributed by atoms with E-state index in [1.54, 1.807) is 14.3 Å². The average molecular weight is 410 g/mol. The largest absolute Gasteiger partial charge is 0.493 e. The molecule has 0 spiro atoms. The molecular formula is C22H23N3O3S. The summed E-state index contributed by atoms with van der Waals surface area (Å²) in [5, 5.41) is -0.303. The fourth-order valence-electron chi connectivity index (χ4n) is 3.70. The van der Waals surface area contributed by atoms with Crippen LogP contribution in [0.3, 0.4) is 0 Å². The molecule has 0 unspecified atom stereocenters. The van der Waals surface area contributed by atoms with E-state index in [1.165, 1.54) is 11.8 Å². The van der Waals surface area contributed by atoms with E-state index in [1.807, 2.05) is 75.5 Å². The molecule has 29 heavy (non-hydrogen) atoms. The second-order valence-corrected chi connectivity index (χ2v) is 7.88. The summed E-state index contributed by atoms with van der Waals surface area (Å²) in [6, 6.07) is 17.2. The van der Waals surface area contributed by atoms with Gasteiger partial charge < -0.3 is 4.74 Å². The molecule has 4 rings (SSSR count). The zero-order valence-electron chi connectivity index (χ0n) is 16.7. The van der Waals surface area contributed by atoms with Crippen molar-refractivity contribution in [2.45, 2.75) is 19.2 Å². The maximum absolute atomic E-state index is 13.4. The summed E-state index contributed by atoms with van der Waals surface area (Å²) in [7, 11) is 1.84. The van der Waals surface area contributed by atoms with Crippen LogP contribution in [0.5, 0.6) is 5.75 Å². The summed E-state index contributed by atoms with van der Waals surface area (Å²) in [5.41, 5.74) is 2.63. The van der Waals surface area contributed by atoms with E-state index in [-0.39, 0.29) is 16.8 Å². The Bertz CT molecular complexity index is 1100. The van der Waals surface area contributed by atoms with Crippen molar-refractivity contribution >= 4 is 23.4 Å². The van der Waals surface area contributed by atoms with E-state index in [2.05, 4.69) is 0 Å². The van der Waals surface area contributed by atoms with E-state index >= 15 is 0 Å². The average Bonchev–Trinajstić information content (AvgIpc) is 3.20. The number of thioether (sulfide) groups is 1. The third-order valence-corrected chi connectivity index (χ3v) is 6.31. The fraction of sp³-hybridized carbons (Fsp3) is 0.273. The van der Waals surface area contributed by atoms with E-state index < -0.39 is 0 Å². The van der Waals surface area contributed by atoms with Crippen LogP contribution in [0, 0.1) is 6.92 Å². The van der Waals surface area contributed by atoms with Crippen LogP contribution in [0.2, 0.25) is 0 Å². The molecule has 0 radical (unpaired) electrons. The molecule has 1 aliphatic rings. The molecule has 6 nitrogen and oxygen atoms in total. The summed E-state index contributed by atoms with van der Waals surface area (Å²) in [4.78, 5) is 28.0. The van der Waals surface area contributed by atoms with Gasteiger partial charge in [0.15, 0.2) is 0 Å². The maximum Gasteiger partial charge on any atom is 0.295 e. The lowest BCUT2D eigenvalue weighted by Gasteiger charge is -2.24. The second-order valence-electron chi connectivity index (χ2n) is 6.81. The number of rotatable bonds is 5. The van der Waals surface area contributed by atoms with Gasteiger partial charge in [0.05, 0.1) is 23.7 Å². The Morgan fingerprint density at radius 3 is 2.48 bits per heavy atom. The van der Waals surface area contributed by atoms with Gasteiger partial charge in [0.25, 0.3) is 5.56 Å². The molecule has 7 heteroatoms. The van der Waals surface area contributed by atoms with Crippen LogP contribution in [0.25, 0.3) is 5.69 Å². The van der Waals surface area contributed by atoms with Crippen LogP contribution in [0.4, 0.5) is 5.69 Å². The van der Waals surface area contributed by atoms with Gasteiger partial charge in [-0.1, -0.05) is 36.4 Å². The van der Waals surface area contributed by atoms with Gasteiger partial charge in [-0.2, -0.15) is 0 Å². The highest BCUT2D eigenvalue weighted by atomic mass is 32.2. The third-order valence-electron chi connectivity index (χ3n) is 5.12. The summed E-state index contributed by atoms with van der Waals surface area (Å²) in [5.74, 6) is 0.992. The summed E-state index contributed by atoms with van der Waals surface area (Å²) in [6.07, 6.45) is 0. The summed E-state index contributed by atoms with van der Waals surface area (Å²) < 4.78 is 9.19. The van der Waals surface area contributed by atoms with Gasteiger partial charge in [0, 0.05) is 12.6 Å². The summed E-state index contributed by atoms with van der Waals surface area (Å²) >= 11 is 1.51. The Balaban J connectivity index is 1.86. The van der Waals surface area contributed by atoms with Crippen molar-refractivity contribution < 1.29 is 9.53 Å². The van der Waals surface area contributed by atoms with E-state index in [0.29, 0.717) is 18.0 Å². The van der Waals surface area contributed by atoms with Crippen molar-refractivity contribution in [3.8, 4) is 11.4 Å². The number of nitrogens with zero attached hydrogens (tertiary/aromatic N) is 3. The predicted molar refractivity (Wildman–Crippen MR) is 116 cm³/mol. The Morgan fingerprint density at radius 2 is 1.76 bits per heavy atom. The first-order valence-corrected chi connectivity index (χ1v) is 10.6. The highest BCUT2D eigenvalue weighted by Gasteiger charge is 2.39. The molecule has 1 amide bonds. The van der Waals surface area contributed by atoms with Crippen molar-refractivity contribution in [2.75, 3.05) is 17.3 Å². The zero-order chi connectivity index (χ0) is 20.5. The van der Waals surface area contributed by atoms with E-state index in [9.17, 15) is 9.59 Å². The van der Waals surface area contributed by atoms with Crippen molar-refractivity contribution in [3.05, 3.63) is 76.2 Å². The van der Waals surface area contributed by atoms with Crippen molar-refractivity contribution in [1.82, 2.24) is 9.36 Å². The quantitative estimate of drug-likeness (QED) is 0.645. The monoisotopic (exact) mass is 409 g/mol. The molecule has 0 aliphatic carbocycles. The van der Waals surface area contributed by atoms with Gasteiger partial charge >= 0.3 is 0 Å². The molecule has 1 atom stereocenters. The molecule has 1 aromatic heterocycles. The van der Waals surface area contributed by atoms with Gasteiger partial charge in [-0.15, -0.1) is 11.8 Å². The first-order chi connectivity index (χ1) is 14.0. The van der Waals surface area contributed by atoms with Crippen LogP contribution in [0.15, 0.2) is 59.4 Å². The van der Waals surface area contributed by atoms with Crippen LogP contribution in [-0.4, -0.2) is 27.6 Å². The molecule has 0 bridgehead atoms. The molecule has 3 aromatic rings. The lowest BCUT2D eigenvalue weighted by molar-refractivity contribution is -0.115. The van der Waals surface area contributed by atoms with Crippen LogP contribution in [-0.2, 0) is 11.8 Å². The number of aromatic nitrogens is 2. The van der Waals surface area contributed by atoms with E-state index in [0.717, 1.165) is 22.7 Å². The number of para-hydroxylation sites is 2. The van der Waals surface area contributed by atoms with Gasteiger partial charge in [-0.25, -0.2) is 4.68 Å². The van der Waals surface area contributed by atoms with E-state index in [4.69, 9.17) is 4.74 Å². The Hall–Kier alpha value is -2.93. The highest BCUT2D eigenvalue weighted by molar-refractivity contribution is 8.00. The van der Waals surface area contributed by atoms with Gasteiger partial charge in [0.2, 0.25) is 5.91 Å². The second kappa shape index (κ2) is 7.83. The SMILES string of the molecule is CCOc1ccccc1[C@@H]1SCC(=O)N1c1c(C)n(C)n(-c2ccccc2)c1=O. The molecule has 0 saturated carbocycles. The minimum Gasteiger partial charge on any atom is -0.493 e. The molecular weight excluding hydrogens is 386 g/mol. The topological polar surface area (TPSA) is 56.5 Å². The number of hydrogen-bond acceptors (Lipinski definition) is 4. The number of benzene rings is 2. The number of hydrogen-bond donors (Lipinski definition) is 0. The third kappa shape index (κ3) is 3.25. The maximum atomic E-state index is 13.4. The van der Waals surface area contributed by atoms with Gasteiger partial charge in [-0.3, -0.25) is 19.2 Å². The molecule has 1 fully saturated rings. The zero-order valence-corrected chi connectivity index (χ0v) is 17.5. The van der Waals surface area contributed by atoms with Crippen molar-refractivity contribution in [1.29, 1.82) is 0 Å². The number of carbonyl (C=O) groups is 1. The molecule has 2 aromatic carbocycles. The van der Waals surface area contributed by atoms with Crippen molar-refractivity contribution in [3.63, 3.8) is 0 Å². The Morgan fingerprint density at radius 1 is 1.07 bits per heavy atom. The van der Waals surface area contributed by atoms with Crippen LogP contribution >= 0.6 is 11.8 Å². The normalized spacial score (nSPS) is 16.4. The molecule has 1 saturated heterocycles. The number of amides is 1. The summed E-state index contributed by atoms with van der Waals surface area (Å²) in [6.45, 7) is 4.34. The van der Waals surface area contributed by atoms with Crippen molar-refractivity contribution in [2.24, 2.45) is 7.05 Å². The predicted octanol–water partition coefficient (Wildman–Crippen LogP) is 3.66. The van der Waals surface area contributed by atoms with Crippen LogP contribution < -0.4 is 15.2 Å². The Kier molecular flexibility index (Phi) is 5.24. The fourth-order valence-corrected chi connectivity index (χ4v) is 4.88.